The number of carbonyl (C=O) groups excluding carboxylic acids is 2. The number of hydrogen-bond donors (Lipinski definition) is 0. The zero-order chi connectivity index (χ0) is 23.2. The Balaban J connectivity index is 1.62. The molecule has 0 aromatic carbocycles. The van der Waals surface area contributed by atoms with Crippen molar-refractivity contribution in [2.24, 2.45) is 40.4 Å². The van der Waals surface area contributed by atoms with Gasteiger partial charge in [0.25, 0.3) is 0 Å². The van der Waals surface area contributed by atoms with E-state index in [1.165, 1.54) is 14.2 Å². The minimum absolute atomic E-state index is 0.214. The van der Waals surface area contributed by atoms with Gasteiger partial charge in [-0.2, -0.15) is 0 Å². The van der Waals surface area contributed by atoms with Crippen molar-refractivity contribution >= 4 is 11.9 Å². The van der Waals surface area contributed by atoms with Crippen molar-refractivity contribution in [3.63, 3.8) is 0 Å². The number of carbonyl (C=O) groups is 2. The van der Waals surface area contributed by atoms with Crippen LogP contribution in [0.5, 0.6) is 0 Å². The molecule has 4 aliphatic carbocycles. The zero-order valence-electron chi connectivity index (χ0n) is 20.1. The van der Waals surface area contributed by atoms with Crippen LogP contribution in [0.25, 0.3) is 0 Å². The summed E-state index contributed by atoms with van der Waals surface area (Å²) in [6.07, 6.45) is 4.74. The van der Waals surface area contributed by atoms with Gasteiger partial charge >= 0.3 is 11.9 Å². The number of unbranched alkanes of at least 4 members (excludes halogenated alkanes) is 1. The second-order valence-corrected chi connectivity index (χ2v) is 11.0. The van der Waals surface area contributed by atoms with E-state index in [-0.39, 0.29) is 41.9 Å². The van der Waals surface area contributed by atoms with Crippen LogP contribution in [0, 0.1) is 40.4 Å². The van der Waals surface area contributed by atoms with Crippen molar-refractivity contribution in [1.29, 1.82) is 0 Å². The molecule has 3 aliphatic heterocycles. The van der Waals surface area contributed by atoms with Crippen LogP contribution in [0.4, 0.5) is 0 Å². The molecule has 0 radical (unpaired) electrons. The molecule has 0 N–H and O–H groups in total. The molecule has 10 unspecified atom stereocenters. The number of ether oxygens (including phenoxy) is 6. The van der Waals surface area contributed by atoms with E-state index in [0.717, 1.165) is 25.7 Å². The molecule has 6 bridgehead atoms. The Labute approximate surface area is 194 Å². The van der Waals surface area contributed by atoms with Crippen LogP contribution in [0.3, 0.4) is 0 Å². The Morgan fingerprint density at radius 2 is 1.94 bits per heavy atom. The number of esters is 2. The normalized spacial score (nSPS) is 52.6. The highest BCUT2D eigenvalue weighted by Gasteiger charge is 2.97. The lowest BCUT2D eigenvalue weighted by Crippen LogP contribution is -2.81. The quantitative estimate of drug-likeness (QED) is 0.532. The molecule has 2 spiro atoms. The molecule has 184 valence electrons. The maximum absolute atomic E-state index is 13.8. The van der Waals surface area contributed by atoms with Crippen molar-refractivity contribution in [3.05, 3.63) is 0 Å². The lowest BCUT2D eigenvalue weighted by molar-refractivity contribution is -0.427. The third-order valence-corrected chi connectivity index (χ3v) is 10.2. The molecule has 8 heteroatoms. The lowest BCUT2D eigenvalue weighted by atomic mass is 9.39. The van der Waals surface area contributed by atoms with E-state index in [1.807, 2.05) is 6.92 Å². The van der Waals surface area contributed by atoms with Crippen LogP contribution in [0.1, 0.15) is 52.4 Å². The summed E-state index contributed by atoms with van der Waals surface area (Å²) < 4.78 is 37.0. The molecule has 7 rings (SSSR count). The maximum Gasteiger partial charge on any atom is 0.313 e. The molecule has 7 fully saturated rings. The van der Waals surface area contributed by atoms with E-state index < -0.39 is 28.1 Å². The van der Waals surface area contributed by atoms with Crippen LogP contribution in [0.15, 0.2) is 0 Å². The molecular weight excluding hydrogens is 428 g/mol. The summed E-state index contributed by atoms with van der Waals surface area (Å²) in [5, 5.41) is 0. The average Bonchev–Trinajstić information content (AvgIpc) is 3.33. The highest BCUT2D eigenvalue weighted by Crippen LogP contribution is 2.86. The SMILES string of the molecule is CCCCC1C2CCOC34OCC56CC(OCC)OC53C1C(C(=O)OC)(C6)C(C(=O)OC)C24. The van der Waals surface area contributed by atoms with E-state index in [1.54, 1.807) is 0 Å². The van der Waals surface area contributed by atoms with Crippen molar-refractivity contribution < 1.29 is 38.0 Å². The fourth-order valence-electron chi connectivity index (χ4n) is 9.72. The predicted molar refractivity (Wildman–Crippen MR) is 114 cm³/mol. The number of methoxy groups -OCH3 is 2. The Bertz CT molecular complexity index is 861. The molecule has 10 atom stereocenters. The predicted octanol–water partition coefficient (Wildman–Crippen LogP) is 2.68. The minimum Gasteiger partial charge on any atom is -0.469 e. The van der Waals surface area contributed by atoms with Crippen LogP contribution in [-0.4, -0.2) is 63.7 Å². The Morgan fingerprint density at radius 3 is 2.64 bits per heavy atom. The molecule has 3 saturated heterocycles. The van der Waals surface area contributed by atoms with Gasteiger partial charge in [0, 0.05) is 30.3 Å². The van der Waals surface area contributed by atoms with Crippen molar-refractivity contribution in [3.8, 4) is 0 Å². The molecule has 8 nitrogen and oxygen atoms in total. The highest BCUT2D eigenvalue weighted by molar-refractivity contribution is 5.88. The third kappa shape index (κ3) is 2.19. The first-order chi connectivity index (χ1) is 15.9. The van der Waals surface area contributed by atoms with Gasteiger partial charge in [-0.3, -0.25) is 9.59 Å². The van der Waals surface area contributed by atoms with Gasteiger partial charge in [-0.05, 0) is 38.0 Å². The van der Waals surface area contributed by atoms with Gasteiger partial charge in [0.05, 0.1) is 38.8 Å². The fourth-order valence-corrected chi connectivity index (χ4v) is 9.72. The van der Waals surface area contributed by atoms with Crippen molar-refractivity contribution in [1.82, 2.24) is 0 Å². The van der Waals surface area contributed by atoms with E-state index in [0.29, 0.717) is 32.7 Å². The van der Waals surface area contributed by atoms with Gasteiger partial charge < -0.3 is 28.4 Å². The second kappa shape index (κ2) is 7.15. The summed E-state index contributed by atoms with van der Waals surface area (Å²) in [6.45, 7) is 5.72. The molecule has 0 aromatic heterocycles. The Morgan fingerprint density at radius 1 is 1.12 bits per heavy atom. The van der Waals surface area contributed by atoms with Crippen LogP contribution < -0.4 is 0 Å². The molecule has 7 aliphatic rings. The highest BCUT2D eigenvalue weighted by atomic mass is 16.8. The third-order valence-electron chi connectivity index (χ3n) is 10.2. The lowest BCUT2D eigenvalue weighted by Gasteiger charge is -2.70. The van der Waals surface area contributed by atoms with E-state index in [9.17, 15) is 9.59 Å². The maximum atomic E-state index is 13.8. The molecule has 0 aromatic rings. The first-order valence-electron chi connectivity index (χ1n) is 12.7. The van der Waals surface area contributed by atoms with Gasteiger partial charge in [0.15, 0.2) is 6.29 Å². The summed E-state index contributed by atoms with van der Waals surface area (Å²) in [6, 6.07) is 0. The summed E-state index contributed by atoms with van der Waals surface area (Å²) >= 11 is 0. The standard InChI is InChI=1S/C25H36O8/c1-5-7-8-15-14-9-10-31-25-17(14)18(20(26)28-3)23(21(27)29-4)12-22(13-32-25)11-16(30-6-2)33-24(22,25)19(15)23/h14-19H,5-13H2,1-4H3. The zero-order valence-corrected chi connectivity index (χ0v) is 20.1. The summed E-state index contributed by atoms with van der Waals surface area (Å²) in [4.78, 5) is 27.3. The molecular formula is C25H36O8. The van der Waals surface area contributed by atoms with Gasteiger partial charge in [0.1, 0.15) is 5.60 Å². The summed E-state index contributed by atoms with van der Waals surface area (Å²) in [7, 11) is 2.84. The average molecular weight is 465 g/mol. The minimum atomic E-state index is -1.05. The van der Waals surface area contributed by atoms with Gasteiger partial charge in [-0.1, -0.05) is 19.8 Å². The smallest absolute Gasteiger partial charge is 0.313 e. The fraction of sp³-hybridized carbons (Fsp3) is 0.920. The van der Waals surface area contributed by atoms with E-state index >= 15 is 0 Å². The topological polar surface area (TPSA) is 89.5 Å². The van der Waals surface area contributed by atoms with Gasteiger partial charge in [-0.25, -0.2) is 0 Å². The second-order valence-electron chi connectivity index (χ2n) is 11.0. The van der Waals surface area contributed by atoms with Crippen molar-refractivity contribution in [2.45, 2.75) is 70.1 Å². The molecule has 4 saturated carbocycles. The summed E-state index contributed by atoms with van der Waals surface area (Å²) in [5.41, 5.74) is -2.27. The number of hydrogen-bond acceptors (Lipinski definition) is 8. The molecule has 3 heterocycles. The largest absolute Gasteiger partial charge is 0.469 e. The molecule has 0 amide bonds. The summed E-state index contributed by atoms with van der Waals surface area (Å²) in [5.74, 6) is -2.49. The number of rotatable bonds is 7. The van der Waals surface area contributed by atoms with Crippen LogP contribution >= 0.6 is 0 Å². The Hall–Kier alpha value is -1.22. The van der Waals surface area contributed by atoms with Crippen LogP contribution in [-0.2, 0) is 38.0 Å². The van der Waals surface area contributed by atoms with Crippen molar-refractivity contribution in [2.75, 3.05) is 34.0 Å². The van der Waals surface area contributed by atoms with E-state index in [2.05, 4.69) is 6.92 Å². The monoisotopic (exact) mass is 464 g/mol. The van der Waals surface area contributed by atoms with Crippen LogP contribution in [0.2, 0.25) is 0 Å². The van der Waals surface area contributed by atoms with Gasteiger partial charge in [-0.15, -0.1) is 0 Å². The van der Waals surface area contributed by atoms with E-state index in [4.69, 9.17) is 28.4 Å². The first-order valence-corrected chi connectivity index (χ1v) is 12.7. The first kappa shape index (κ1) is 22.3. The molecule has 33 heavy (non-hydrogen) atoms. The van der Waals surface area contributed by atoms with Gasteiger partial charge in [0.2, 0.25) is 5.79 Å². The Kier molecular flexibility index (Phi) is 4.82.